The highest BCUT2D eigenvalue weighted by Gasteiger charge is 2.17. The molecule has 0 atom stereocenters. The summed E-state index contributed by atoms with van der Waals surface area (Å²) in [6.45, 7) is 10.4. The molecule has 0 spiro atoms. The summed E-state index contributed by atoms with van der Waals surface area (Å²) in [6.07, 6.45) is 13.0. The fourth-order valence-corrected chi connectivity index (χ4v) is 6.12. The molecule has 1 aliphatic carbocycles. The van der Waals surface area contributed by atoms with Crippen molar-refractivity contribution in [2.75, 3.05) is 13.6 Å². The number of hydrogen-bond acceptors (Lipinski definition) is 8. The zero-order chi connectivity index (χ0) is 35.2. The van der Waals surface area contributed by atoms with Gasteiger partial charge in [-0.15, -0.1) is 0 Å². The predicted octanol–water partition coefficient (Wildman–Crippen LogP) is 7.84. The van der Waals surface area contributed by atoms with E-state index in [0.29, 0.717) is 18.1 Å². The standard InChI is InChI=1S/C33H33FN8.2C2H6.CO2/c1-35-13-21-8-24(11-26(34)10-21)28-18-38-19-30-31(28)40-33(39-30)32-27-12-23(6-7-29(27)41-42-32)25-9-22(16-37-17-25)15-36-14-20-4-2-3-5-20;2*1-2;2-1-3/h6-12,16-20,35-36H,2-5,13-15H2,1H3,(H,39,40)(H,41,42);2*1-2H3;. The van der Waals surface area contributed by atoms with E-state index in [1.165, 1.54) is 43.4 Å². The normalized spacial score (nSPS) is 12.4. The third kappa shape index (κ3) is 9.08. The number of nitrogens with zero attached hydrogens (tertiary/aromatic N) is 4. The van der Waals surface area contributed by atoms with Gasteiger partial charge in [-0.05, 0) is 91.0 Å². The van der Waals surface area contributed by atoms with E-state index in [1.54, 1.807) is 12.4 Å². The number of aromatic nitrogens is 6. The molecule has 4 heterocycles. The first-order valence-corrected chi connectivity index (χ1v) is 17.0. The Balaban J connectivity index is 0.000000722. The van der Waals surface area contributed by atoms with Gasteiger partial charge < -0.3 is 15.6 Å². The van der Waals surface area contributed by atoms with Crippen molar-refractivity contribution in [1.29, 1.82) is 0 Å². The Morgan fingerprint density at radius 3 is 2.33 bits per heavy atom. The van der Waals surface area contributed by atoms with Crippen molar-refractivity contribution in [1.82, 2.24) is 40.8 Å². The zero-order valence-corrected chi connectivity index (χ0v) is 28.9. The van der Waals surface area contributed by atoms with Crippen LogP contribution < -0.4 is 10.6 Å². The number of fused-ring (bicyclic) bond motifs is 2. The molecule has 4 aromatic heterocycles. The molecule has 49 heavy (non-hydrogen) atoms. The van der Waals surface area contributed by atoms with Crippen LogP contribution in [-0.4, -0.2) is 49.9 Å². The minimum atomic E-state index is -0.292. The summed E-state index contributed by atoms with van der Waals surface area (Å²) < 4.78 is 14.5. The van der Waals surface area contributed by atoms with Gasteiger partial charge in [-0.1, -0.05) is 46.6 Å². The van der Waals surface area contributed by atoms with Crippen molar-refractivity contribution in [2.24, 2.45) is 5.92 Å². The van der Waals surface area contributed by atoms with Crippen molar-refractivity contribution in [3.8, 4) is 33.8 Å². The second kappa shape index (κ2) is 18.5. The van der Waals surface area contributed by atoms with E-state index in [0.717, 1.165) is 68.8 Å². The molecule has 0 unspecified atom stereocenters. The second-order valence-electron chi connectivity index (χ2n) is 11.3. The van der Waals surface area contributed by atoms with Crippen LogP contribution in [0.2, 0.25) is 0 Å². The number of aromatic amines is 2. The summed E-state index contributed by atoms with van der Waals surface area (Å²) in [7, 11) is 1.84. The van der Waals surface area contributed by atoms with E-state index in [2.05, 4.69) is 54.0 Å². The molecule has 0 amide bonds. The van der Waals surface area contributed by atoms with Crippen LogP contribution in [0.15, 0.2) is 67.3 Å². The van der Waals surface area contributed by atoms with Gasteiger partial charge in [0.25, 0.3) is 0 Å². The van der Waals surface area contributed by atoms with Crippen molar-refractivity contribution >= 4 is 28.1 Å². The Labute approximate surface area is 286 Å². The number of H-pyrrole nitrogens is 2. The van der Waals surface area contributed by atoms with Crippen molar-refractivity contribution in [2.45, 2.75) is 66.5 Å². The van der Waals surface area contributed by atoms with Gasteiger partial charge in [0.2, 0.25) is 0 Å². The van der Waals surface area contributed by atoms with Crippen LogP contribution in [0.4, 0.5) is 4.39 Å². The van der Waals surface area contributed by atoms with Crippen LogP contribution >= 0.6 is 0 Å². The molecule has 0 saturated heterocycles. The number of benzene rings is 2. The van der Waals surface area contributed by atoms with Crippen molar-refractivity contribution in [3.63, 3.8) is 0 Å². The smallest absolute Gasteiger partial charge is 0.335 e. The molecule has 6 aromatic rings. The van der Waals surface area contributed by atoms with Crippen molar-refractivity contribution in [3.05, 3.63) is 84.2 Å². The van der Waals surface area contributed by atoms with Crippen LogP contribution in [-0.2, 0) is 22.7 Å². The van der Waals surface area contributed by atoms with E-state index < -0.39 is 0 Å². The molecule has 0 aliphatic heterocycles. The molecule has 2 aromatic carbocycles. The first kappa shape index (κ1) is 36.7. The Morgan fingerprint density at radius 1 is 0.837 bits per heavy atom. The molecule has 7 rings (SSSR count). The average Bonchev–Trinajstić information content (AvgIpc) is 3.90. The largest absolute Gasteiger partial charge is 0.373 e. The molecule has 1 saturated carbocycles. The molecule has 10 nitrogen and oxygen atoms in total. The molecule has 0 bridgehead atoms. The summed E-state index contributed by atoms with van der Waals surface area (Å²) in [5.41, 5.74) is 8.75. The lowest BCUT2D eigenvalue weighted by Gasteiger charge is -2.11. The van der Waals surface area contributed by atoms with Crippen LogP contribution in [0.25, 0.3) is 55.7 Å². The Kier molecular flexibility index (Phi) is 13.8. The van der Waals surface area contributed by atoms with Crippen LogP contribution in [0, 0.1) is 11.7 Å². The summed E-state index contributed by atoms with van der Waals surface area (Å²) >= 11 is 0. The van der Waals surface area contributed by atoms with E-state index in [-0.39, 0.29) is 12.0 Å². The quantitative estimate of drug-likeness (QED) is 0.123. The van der Waals surface area contributed by atoms with Crippen LogP contribution in [0.3, 0.4) is 0 Å². The summed E-state index contributed by atoms with van der Waals surface area (Å²) in [5, 5.41) is 15.4. The Hall–Kier alpha value is -5.09. The zero-order valence-electron chi connectivity index (χ0n) is 28.9. The van der Waals surface area contributed by atoms with Crippen molar-refractivity contribution < 1.29 is 14.0 Å². The van der Waals surface area contributed by atoms with Gasteiger partial charge in [0.15, 0.2) is 5.82 Å². The van der Waals surface area contributed by atoms with Crippen LogP contribution in [0.1, 0.15) is 64.5 Å². The lowest BCUT2D eigenvalue weighted by Crippen LogP contribution is -2.20. The first-order chi connectivity index (χ1) is 24.1. The minimum Gasteiger partial charge on any atom is -0.335 e. The van der Waals surface area contributed by atoms with E-state index in [1.807, 2.05) is 59.3 Å². The average molecular weight is 665 g/mol. The number of pyridine rings is 2. The number of halogens is 1. The minimum absolute atomic E-state index is 0.250. The van der Waals surface area contributed by atoms with E-state index >= 15 is 0 Å². The van der Waals surface area contributed by atoms with Gasteiger partial charge in [0, 0.05) is 48.2 Å². The summed E-state index contributed by atoms with van der Waals surface area (Å²) in [6, 6.07) is 13.5. The molecule has 1 fully saturated rings. The summed E-state index contributed by atoms with van der Waals surface area (Å²) in [4.78, 5) is 33.5. The first-order valence-electron chi connectivity index (χ1n) is 17.0. The SMILES string of the molecule is CC.CC.CNCc1cc(F)cc(-c2cncc3[nH]c(-c4n[nH]c5ccc(-c6cncc(CNCC7CCCC7)c6)cc45)nc23)c1.O=C=O. The van der Waals surface area contributed by atoms with Gasteiger partial charge in [-0.3, -0.25) is 15.1 Å². The highest BCUT2D eigenvalue weighted by atomic mass is 19.1. The van der Waals surface area contributed by atoms with Gasteiger partial charge in [0.1, 0.15) is 11.5 Å². The topological polar surface area (TPSA) is 141 Å². The number of carbonyl (C=O) groups excluding carboxylic acids is 2. The number of nitrogens with one attached hydrogen (secondary N) is 4. The fraction of sp³-hybridized carbons (Fsp3) is 0.342. The third-order valence-electron chi connectivity index (χ3n) is 8.20. The maximum absolute atomic E-state index is 14.5. The molecular formula is C38H45FN8O2. The molecule has 0 radical (unpaired) electrons. The lowest BCUT2D eigenvalue weighted by molar-refractivity contribution is -0.191. The van der Waals surface area contributed by atoms with Gasteiger partial charge in [0.05, 0.1) is 22.7 Å². The molecule has 11 heteroatoms. The fourth-order valence-electron chi connectivity index (χ4n) is 6.12. The van der Waals surface area contributed by atoms with Gasteiger partial charge in [-0.2, -0.15) is 14.7 Å². The Morgan fingerprint density at radius 2 is 1.57 bits per heavy atom. The van der Waals surface area contributed by atoms with Crippen LogP contribution in [0.5, 0.6) is 0 Å². The monoisotopic (exact) mass is 664 g/mol. The number of rotatable bonds is 9. The molecular weight excluding hydrogens is 619 g/mol. The number of imidazole rings is 1. The number of hydrogen-bond donors (Lipinski definition) is 4. The van der Waals surface area contributed by atoms with E-state index in [4.69, 9.17) is 14.6 Å². The van der Waals surface area contributed by atoms with Gasteiger partial charge in [-0.25, -0.2) is 9.37 Å². The molecule has 256 valence electrons. The maximum atomic E-state index is 14.5. The Bertz CT molecular complexity index is 1970. The predicted molar refractivity (Wildman–Crippen MR) is 192 cm³/mol. The highest BCUT2D eigenvalue weighted by Crippen LogP contribution is 2.33. The third-order valence-corrected chi connectivity index (χ3v) is 8.20. The van der Waals surface area contributed by atoms with Gasteiger partial charge >= 0.3 is 6.15 Å². The van der Waals surface area contributed by atoms with E-state index in [9.17, 15) is 4.39 Å². The lowest BCUT2D eigenvalue weighted by atomic mass is 10.0. The molecule has 4 N–H and O–H groups in total. The maximum Gasteiger partial charge on any atom is 0.373 e. The molecule has 1 aliphatic rings. The second-order valence-corrected chi connectivity index (χ2v) is 11.3. The summed E-state index contributed by atoms with van der Waals surface area (Å²) in [5.74, 6) is 1.13. The highest BCUT2D eigenvalue weighted by molar-refractivity contribution is 5.98.